The highest BCUT2D eigenvalue weighted by molar-refractivity contribution is 5.81. The molecule has 0 aliphatic carbocycles. The topological polar surface area (TPSA) is 45.8 Å². The van der Waals surface area contributed by atoms with E-state index in [0.717, 1.165) is 28.6 Å². The molecule has 0 unspecified atom stereocenters. The Labute approximate surface area is 81.8 Å². The number of benzene rings is 1. The molecule has 0 atom stereocenters. The van der Waals surface area contributed by atoms with Crippen LogP contribution >= 0.6 is 0 Å². The van der Waals surface area contributed by atoms with E-state index in [1.54, 1.807) is 0 Å². The Balaban J connectivity index is 2.87. The summed E-state index contributed by atoms with van der Waals surface area (Å²) in [7, 11) is 0. The van der Waals surface area contributed by atoms with Gasteiger partial charge in [0.05, 0.1) is 11.2 Å². The Morgan fingerprint density at radius 1 is 1.43 bits per heavy atom. The summed E-state index contributed by atoms with van der Waals surface area (Å²) in [5, 5.41) is 1.04. The Bertz CT molecular complexity index is 528. The number of rotatable bonds is 1. The molecule has 0 amide bonds. The van der Waals surface area contributed by atoms with Crippen LogP contribution in [0.15, 0.2) is 23.0 Å². The molecule has 14 heavy (non-hydrogen) atoms. The number of aromatic amines is 1. The first-order valence-corrected chi connectivity index (χ1v) is 4.70. The van der Waals surface area contributed by atoms with E-state index in [1.807, 2.05) is 32.0 Å². The maximum Gasteiger partial charge on any atom is 0.345 e. The quantitative estimate of drug-likeness (QED) is 0.741. The van der Waals surface area contributed by atoms with Crippen LogP contribution in [0.5, 0.6) is 0 Å². The van der Waals surface area contributed by atoms with Gasteiger partial charge in [0.2, 0.25) is 0 Å². The van der Waals surface area contributed by atoms with Gasteiger partial charge in [-0.1, -0.05) is 19.1 Å². The lowest BCUT2D eigenvalue weighted by molar-refractivity contribution is 0.989. The minimum Gasteiger partial charge on any atom is -0.305 e. The highest BCUT2D eigenvalue weighted by atomic mass is 16.1. The van der Waals surface area contributed by atoms with Gasteiger partial charge >= 0.3 is 5.69 Å². The monoisotopic (exact) mass is 188 g/mol. The summed E-state index contributed by atoms with van der Waals surface area (Å²) in [5.74, 6) is 0. The van der Waals surface area contributed by atoms with Crippen molar-refractivity contribution in [2.75, 3.05) is 0 Å². The van der Waals surface area contributed by atoms with Gasteiger partial charge in [-0.2, -0.15) is 4.98 Å². The SMILES string of the molecule is CCc1nc(=O)[nH]c2cc(C)ccc12. The number of fused-ring (bicyclic) bond motifs is 1. The van der Waals surface area contributed by atoms with Gasteiger partial charge in [0.25, 0.3) is 0 Å². The first kappa shape index (κ1) is 8.94. The molecule has 1 N–H and O–H groups in total. The second kappa shape index (κ2) is 3.25. The average Bonchev–Trinajstić information content (AvgIpc) is 2.15. The van der Waals surface area contributed by atoms with Crippen LogP contribution < -0.4 is 5.69 Å². The van der Waals surface area contributed by atoms with E-state index in [9.17, 15) is 4.79 Å². The lowest BCUT2D eigenvalue weighted by atomic mass is 10.1. The molecule has 3 nitrogen and oxygen atoms in total. The number of hydrogen-bond acceptors (Lipinski definition) is 2. The fraction of sp³-hybridized carbons (Fsp3) is 0.273. The molecule has 0 aliphatic heterocycles. The van der Waals surface area contributed by atoms with Gasteiger partial charge < -0.3 is 4.98 Å². The zero-order chi connectivity index (χ0) is 10.1. The van der Waals surface area contributed by atoms with E-state index < -0.39 is 0 Å². The van der Waals surface area contributed by atoms with Gasteiger partial charge in [0.15, 0.2) is 0 Å². The van der Waals surface area contributed by atoms with E-state index in [0.29, 0.717) is 0 Å². The number of hydrogen-bond donors (Lipinski definition) is 1. The fourth-order valence-electron chi connectivity index (χ4n) is 1.61. The van der Waals surface area contributed by atoms with E-state index in [2.05, 4.69) is 9.97 Å². The first-order valence-electron chi connectivity index (χ1n) is 4.70. The van der Waals surface area contributed by atoms with Gasteiger partial charge in [0, 0.05) is 5.39 Å². The number of H-pyrrole nitrogens is 1. The van der Waals surface area contributed by atoms with Crippen molar-refractivity contribution in [3.8, 4) is 0 Å². The van der Waals surface area contributed by atoms with Gasteiger partial charge in [-0.15, -0.1) is 0 Å². The van der Waals surface area contributed by atoms with E-state index in [4.69, 9.17) is 0 Å². The molecule has 3 heteroatoms. The standard InChI is InChI=1S/C11H12N2O/c1-3-9-8-5-4-7(2)6-10(8)13-11(14)12-9/h4-6H,3H2,1-2H3,(H,12,13,14). The molecule has 2 aromatic rings. The van der Waals surface area contributed by atoms with Crippen molar-refractivity contribution in [3.05, 3.63) is 39.9 Å². The predicted molar refractivity (Wildman–Crippen MR) is 56.5 cm³/mol. The predicted octanol–water partition coefficient (Wildman–Crippen LogP) is 1.79. The Kier molecular flexibility index (Phi) is 2.08. The average molecular weight is 188 g/mol. The molecule has 2 rings (SSSR count). The van der Waals surface area contributed by atoms with Crippen molar-refractivity contribution in [3.63, 3.8) is 0 Å². The summed E-state index contributed by atoms with van der Waals surface area (Å²) in [6, 6.07) is 6.01. The lowest BCUT2D eigenvalue weighted by Gasteiger charge is -2.02. The minimum absolute atomic E-state index is 0.264. The van der Waals surface area contributed by atoms with Gasteiger partial charge in [-0.3, -0.25) is 0 Å². The molecular weight excluding hydrogens is 176 g/mol. The molecular formula is C11H12N2O. The van der Waals surface area contributed by atoms with Crippen molar-refractivity contribution < 1.29 is 0 Å². The van der Waals surface area contributed by atoms with Gasteiger partial charge in [-0.05, 0) is 25.0 Å². The summed E-state index contributed by atoms with van der Waals surface area (Å²) >= 11 is 0. The maximum atomic E-state index is 11.2. The summed E-state index contributed by atoms with van der Waals surface area (Å²) in [6.45, 7) is 4.00. The van der Waals surface area contributed by atoms with Crippen LogP contribution in [-0.2, 0) is 6.42 Å². The van der Waals surface area contributed by atoms with Gasteiger partial charge in [-0.25, -0.2) is 4.79 Å². The molecule has 0 saturated carbocycles. The summed E-state index contributed by atoms with van der Waals surface area (Å²) in [4.78, 5) is 17.9. The molecule has 0 spiro atoms. The second-order valence-electron chi connectivity index (χ2n) is 3.39. The van der Waals surface area contributed by atoms with Crippen LogP contribution in [0.4, 0.5) is 0 Å². The third-order valence-electron chi connectivity index (χ3n) is 2.30. The number of nitrogens with one attached hydrogen (secondary N) is 1. The molecule has 0 bridgehead atoms. The molecule has 0 radical (unpaired) electrons. The molecule has 0 aliphatic rings. The molecule has 1 aromatic heterocycles. The highest BCUT2D eigenvalue weighted by Gasteiger charge is 2.02. The van der Waals surface area contributed by atoms with E-state index in [-0.39, 0.29) is 5.69 Å². The minimum atomic E-state index is -0.264. The van der Waals surface area contributed by atoms with Crippen molar-refractivity contribution >= 4 is 10.9 Å². The van der Waals surface area contributed by atoms with Crippen molar-refractivity contribution in [1.82, 2.24) is 9.97 Å². The van der Waals surface area contributed by atoms with Crippen molar-refractivity contribution in [2.24, 2.45) is 0 Å². The number of aromatic nitrogens is 2. The third kappa shape index (κ3) is 1.41. The lowest BCUT2D eigenvalue weighted by Crippen LogP contribution is -2.12. The maximum absolute atomic E-state index is 11.2. The first-order chi connectivity index (χ1) is 6.70. The smallest absolute Gasteiger partial charge is 0.305 e. The fourth-order valence-corrected chi connectivity index (χ4v) is 1.61. The summed E-state index contributed by atoms with van der Waals surface area (Å²) in [6.07, 6.45) is 0.781. The second-order valence-corrected chi connectivity index (χ2v) is 3.39. The Morgan fingerprint density at radius 2 is 2.21 bits per heavy atom. The zero-order valence-corrected chi connectivity index (χ0v) is 8.29. The molecule has 1 aromatic carbocycles. The molecule has 0 saturated heterocycles. The normalized spacial score (nSPS) is 10.7. The van der Waals surface area contributed by atoms with Crippen LogP contribution in [0.25, 0.3) is 10.9 Å². The zero-order valence-electron chi connectivity index (χ0n) is 8.29. The van der Waals surface area contributed by atoms with Gasteiger partial charge in [0.1, 0.15) is 0 Å². The van der Waals surface area contributed by atoms with Crippen LogP contribution in [0, 0.1) is 6.92 Å². The molecule has 1 heterocycles. The van der Waals surface area contributed by atoms with Crippen LogP contribution in [0.2, 0.25) is 0 Å². The van der Waals surface area contributed by atoms with Crippen molar-refractivity contribution in [2.45, 2.75) is 20.3 Å². The van der Waals surface area contributed by atoms with E-state index in [1.165, 1.54) is 0 Å². The number of aryl methyl sites for hydroxylation is 2. The van der Waals surface area contributed by atoms with Crippen LogP contribution in [0.1, 0.15) is 18.2 Å². The summed E-state index contributed by atoms with van der Waals surface area (Å²) in [5.41, 5.74) is 2.62. The molecule has 0 fully saturated rings. The van der Waals surface area contributed by atoms with Crippen molar-refractivity contribution in [1.29, 1.82) is 0 Å². The van der Waals surface area contributed by atoms with E-state index >= 15 is 0 Å². The Hall–Kier alpha value is -1.64. The third-order valence-corrected chi connectivity index (χ3v) is 2.30. The molecule has 72 valence electrons. The Morgan fingerprint density at radius 3 is 2.93 bits per heavy atom. The van der Waals surface area contributed by atoms with Crippen LogP contribution in [0.3, 0.4) is 0 Å². The highest BCUT2D eigenvalue weighted by Crippen LogP contribution is 2.14. The summed E-state index contributed by atoms with van der Waals surface area (Å²) < 4.78 is 0. The number of nitrogens with zero attached hydrogens (tertiary/aromatic N) is 1. The van der Waals surface area contributed by atoms with Crippen LogP contribution in [-0.4, -0.2) is 9.97 Å². The largest absolute Gasteiger partial charge is 0.345 e.